The molecule has 1 aliphatic carbocycles. The molecule has 0 spiro atoms. The number of hydrogen-bond acceptors (Lipinski definition) is 5. The lowest BCUT2D eigenvalue weighted by Crippen LogP contribution is -2.53. The molecule has 3 fully saturated rings. The van der Waals surface area contributed by atoms with Crippen molar-refractivity contribution in [3.8, 4) is 0 Å². The van der Waals surface area contributed by atoms with E-state index in [4.69, 9.17) is 26.2 Å². The highest BCUT2D eigenvalue weighted by molar-refractivity contribution is 6.30. The average molecular weight is 575 g/mol. The first-order valence-corrected chi connectivity index (χ1v) is 14.1. The molecule has 39 heavy (non-hydrogen) atoms. The number of aliphatic carboxylic acids is 1. The van der Waals surface area contributed by atoms with Crippen LogP contribution in [0.2, 0.25) is 5.02 Å². The van der Waals surface area contributed by atoms with Gasteiger partial charge in [-0.3, -0.25) is 9.59 Å². The van der Waals surface area contributed by atoms with E-state index in [1.807, 2.05) is 36.1 Å². The number of likely N-dealkylation sites (tertiary alicyclic amines) is 1. The number of halogens is 4. The molecule has 0 radical (unpaired) electrons. The Morgan fingerprint density at radius 3 is 2.21 bits per heavy atom. The number of carboxylic acid groups (broad SMARTS) is 1. The maximum Gasteiger partial charge on any atom is 0.490 e. The summed E-state index contributed by atoms with van der Waals surface area (Å²) >= 11 is 6.08. The standard InChI is InChI=1S/C26H37ClN2O3.C2HF3O2/c1-2-32-25(31)26(20-6-4-3-5-7-20)13-16-29(17-14-26)24(30)22-12-15-28-18-23(22)19-8-10-21(27)11-9-19;3-2(4,5)1(6)7/h8-11,20,22-23,28H,2-7,12-18H2,1H3;(H,6,7)/t22-,23+;/m0./s1. The summed E-state index contributed by atoms with van der Waals surface area (Å²) in [6, 6.07) is 7.91. The molecule has 0 unspecified atom stereocenters. The first kappa shape index (κ1) is 31.2. The van der Waals surface area contributed by atoms with Gasteiger partial charge in [-0.05, 0) is 69.2 Å². The smallest absolute Gasteiger partial charge is 0.475 e. The number of carbonyl (C=O) groups is 3. The minimum atomic E-state index is -5.08. The molecule has 218 valence electrons. The van der Waals surface area contributed by atoms with Gasteiger partial charge in [0.2, 0.25) is 5.91 Å². The van der Waals surface area contributed by atoms with Gasteiger partial charge in [-0.1, -0.05) is 43.0 Å². The summed E-state index contributed by atoms with van der Waals surface area (Å²) in [5.41, 5.74) is 0.761. The van der Waals surface area contributed by atoms with Gasteiger partial charge in [0, 0.05) is 36.5 Å². The molecule has 0 bridgehead atoms. The van der Waals surface area contributed by atoms with E-state index in [-0.39, 0.29) is 23.7 Å². The highest BCUT2D eigenvalue weighted by Gasteiger charge is 2.50. The van der Waals surface area contributed by atoms with Crippen molar-refractivity contribution in [3.05, 3.63) is 34.9 Å². The number of nitrogens with zero attached hydrogens (tertiary/aromatic N) is 1. The maximum absolute atomic E-state index is 13.6. The Morgan fingerprint density at radius 1 is 1.08 bits per heavy atom. The van der Waals surface area contributed by atoms with Crippen LogP contribution < -0.4 is 5.32 Å². The maximum atomic E-state index is 13.6. The number of hydrogen-bond donors (Lipinski definition) is 2. The van der Waals surface area contributed by atoms with Crippen LogP contribution in [-0.4, -0.2) is 66.8 Å². The topological polar surface area (TPSA) is 95.9 Å². The lowest BCUT2D eigenvalue weighted by Gasteiger charge is -2.47. The van der Waals surface area contributed by atoms with E-state index in [1.54, 1.807) is 0 Å². The third kappa shape index (κ3) is 7.87. The van der Waals surface area contributed by atoms with E-state index in [9.17, 15) is 22.8 Å². The molecule has 2 saturated heterocycles. The van der Waals surface area contributed by atoms with E-state index in [0.717, 1.165) is 50.2 Å². The molecular weight excluding hydrogens is 537 g/mol. The molecule has 4 rings (SSSR count). The molecule has 1 aromatic carbocycles. The van der Waals surface area contributed by atoms with E-state index in [0.29, 0.717) is 25.6 Å². The first-order valence-electron chi connectivity index (χ1n) is 13.7. The third-order valence-electron chi connectivity index (χ3n) is 8.38. The Bertz CT molecular complexity index is 974. The molecule has 2 aliphatic heterocycles. The molecule has 7 nitrogen and oxygen atoms in total. The van der Waals surface area contributed by atoms with Crippen molar-refractivity contribution in [2.24, 2.45) is 17.3 Å². The van der Waals surface area contributed by atoms with Gasteiger partial charge in [0.15, 0.2) is 0 Å². The van der Waals surface area contributed by atoms with Gasteiger partial charge in [-0.15, -0.1) is 0 Å². The lowest BCUT2D eigenvalue weighted by molar-refractivity contribution is -0.192. The molecule has 2 N–H and O–H groups in total. The van der Waals surface area contributed by atoms with Crippen LogP contribution in [-0.2, 0) is 19.1 Å². The molecule has 1 aromatic rings. The largest absolute Gasteiger partial charge is 0.490 e. The predicted molar refractivity (Wildman–Crippen MR) is 140 cm³/mol. The highest BCUT2D eigenvalue weighted by atomic mass is 35.5. The fourth-order valence-corrected chi connectivity index (χ4v) is 6.41. The van der Waals surface area contributed by atoms with Crippen molar-refractivity contribution in [2.75, 3.05) is 32.8 Å². The second-order valence-electron chi connectivity index (χ2n) is 10.6. The fraction of sp³-hybridized carbons (Fsp3) is 0.679. The van der Waals surface area contributed by atoms with Crippen molar-refractivity contribution in [1.82, 2.24) is 10.2 Å². The van der Waals surface area contributed by atoms with Crippen molar-refractivity contribution < 1.29 is 37.4 Å². The minimum absolute atomic E-state index is 0.0257. The summed E-state index contributed by atoms with van der Waals surface area (Å²) in [7, 11) is 0. The Morgan fingerprint density at radius 2 is 1.67 bits per heavy atom. The van der Waals surface area contributed by atoms with E-state index < -0.39 is 17.6 Å². The van der Waals surface area contributed by atoms with Gasteiger partial charge in [-0.25, -0.2) is 4.79 Å². The zero-order valence-electron chi connectivity index (χ0n) is 22.3. The number of alkyl halides is 3. The average Bonchev–Trinajstić information content (AvgIpc) is 2.93. The van der Waals surface area contributed by atoms with Crippen LogP contribution in [0, 0.1) is 17.3 Å². The zero-order valence-corrected chi connectivity index (χ0v) is 23.0. The summed E-state index contributed by atoms with van der Waals surface area (Å²) in [6.45, 7) is 5.30. The fourth-order valence-electron chi connectivity index (χ4n) is 6.28. The Balaban J connectivity index is 0.000000532. The normalized spacial score (nSPS) is 23.8. The number of amides is 1. The van der Waals surface area contributed by atoms with Crippen LogP contribution in [0.4, 0.5) is 13.2 Å². The van der Waals surface area contributed by atoms with Gasteiger partial charge in [0.25, 0.3) is 0 Å². The molecule has 0 aromatic heterocycles. The highest BCUT2D eigenvalue weighted by Crippen LogP contribution is 2.47. The number of ether oxygens (including phenoxy) is 1. The second-order valence-corrected chi connectivity index (χ2v) is 11.0. The van der Waals surface area contributed by atoms with Gasteiger partial charge in [0.1, 0.15) is 0 Å². The van der Waals surface area contributed by atoms with Crippen molar-refractivity contribution in [3.63, 3.8) is 0 Å². The summed E-state index contributed by atoms with van der Waals surface area (Å²) in [4.78, 5) is 37.7. The Kier molecular flexibility index (Phi) is 11.1. The number of esters is 1. The molecule has 11 heteroatoms. The summed E-state index contributed by atoms with van der Waals surface area (Å²) < 4.78 is 37.3. The molecule has 2 heterocycles. The third-order valence-corrected chi connectivity index (χ3v) is 8.63. The van der Waals surface area contributed by atoms with E-state index >= 15 is 0 Å². The molecule has 1 saturated carbocycles. The van der Waals surface area contributed by atoms with Crippen molar-refractivity contribution >= 4 is 29.4 Å². The second kappa shape index (κ2) is 13.8. The van der Waals surface area contributed by atoms with Crippen molar-refractivity contribution in [2.45, 2.75) is 70.4 Å². The Labute approximate surface area is 232 Å². The van der Waals surface area contributed by atoms with Crippen LogP contribution >= 0.6 is 11.6 Å². The summed E-state index contributed by atoms with van der Waals surface area (Å²) in [6.07, 6.45) is 3.12. The lowest BCUT2D eigenvalue weighted by atomic mass is 9.63. The SMILES string of the molecule is CCOC(=O)C1(C2CCCCC2)CCN(C(=O)[C@H]2CCNC[C@@H]2c2ccc(Cl)cc2)CC1.O=C(O)C(F)(F)F. The van der Waals surface area contributed by atoms with Crippen LogP contribution in [0.25, 0.3) is 0 Å². The molecular formula is C28H38ClF3N2O5. The molecule has 3 aliphatic rings. The monoisotopic (exact) mass is 574 g/mol. The van der Waals surface area contributed by atoms with Crippen LogP contribution in [0.5, 0.6) is 0 Å². The quantitative estimate of drug-likeness (QED) is 0.456. The summed E-state index contributed by atoms with van der Waals surface area (Å²) in [5.74, 6) is -2.01. The number of piperidine rings is 2. The molecule has 1 amide bonds. The number of benzene rings is 1. The zero-order chi connectivity index (χ0) is 28.6. The summed E-state index contributed by atoms with van der Waals surface area (Å²) in [5, 5.41) is 11.3. The van der Waals surface area contributed by atoms with Gasteiger partial charge < -0.3 is 20.1 Å². The minimum Gasteiger partial charge on any atom is -0.475 e. The number of rotatable bonds is 5. The van der Waals surface area contributed by atoms with Crippen LogP contribution in [0.15, 0.2) is 24.3 Å². The first-order chi connectivity index (χ1) is 18.5. The van der Waals surface area contributed by atoms with E-state index in [2.05, 4.69) is 5.32 Å². The molecule has 2 atom stereocenters. The predicted octanol–water partition coefficient (Wildman–Crippen LogP) is 5.42. The van der Waals surface area contributed by atoms with E-state index in [1.165, 1.54) is 24.8 Å². The van der Waals surface area contributed by atoms with Crippen LogP contribution in [0.1, 0.15) is 69.8 Å². The van der Waals surface area contributed by atoms with Gasteiger partial charge in [-0.2, -0.15) is 13.2 Å². The number of carboxylic acids is 1. The number of nitrogens with one attached hydrogen (secondary N) is 1. The van der Waals surface area contributed by atoms with Crippen LogP contribution in [0.3, 0.4) is 0 Å². The Hall–Kier alpha value is -2.33. The van der Waals surface area contributed by atoms with Gasteiger partial charge in [0.05, 0.1) is 12.0 Å². The van der Waals surface area contributed by atoms with Crippen molar-refractivity contribution in [1.29, 1.82) is 0 Å². The number of carbonyl (C=O) groups excluding carboxylic acids is 2. The van der Waals surface area contributed by atoms with Gasteiger partial charge >= 0.3 is 18.1 Å².